The lowest BCUT2D eigenvalue weighted by Crippen LogP contribution is -2.42. The lowest BCUT2D eigenvalue weighted by atomic mass is 10.0. The molecule has 0 aliphatic rings. The van der Waals surface area contributed by atoms with Gasteiger partial charge < -0.3 is 5.32 Å². The van der Waals surface area contributed by atoms with Gasteiger partial charge in [-0.15, -0.1) is 0 Å². The highest BCUT2D eigenvalue weighted by molar-refractivity contribution is 9.10. The molecule has 0 fully saturated rings. The van der Waals surface area contributed by atoms with Crippen LogP contribution in [0.15, 0.2) is 82.2 Å². The van der Waals surface area contributed by atoms with E-state index >= 15 is 0 Å². The van der Waals surface area contributed by atoms with E-state index in [4.69, 9.17) is 0 Å². The summed E-state index contributed by atoms with van der Waals surface area (Å²) in [5.74, 6) is -0.365. The third-order valence-corrected chi connectivity index (χ3v) is 7.55. The van der Waals surface area contributed by atoms with E-state index in [1.165, 1.54) is 0 Å². The summed E-state index contributed by atoms with van der Waals surface area (Å²) in [5.41, 5.74) is 3.51. The van der Waals surface area contributed by atoms with E-state index in [9.17, 15) is 13.2 Å². The van der Waals surface area contributed by atoms with Crippen LogP contribution in [0.25, 0.3) is 0 Å². The highest BCUT2D eigenvalue weighted by Crippen LogP contribution is 2.26. The van der Waals surface area contributed by atoms with E-state index in [2.05, 4.69) is 21.2 Å². The zero-order valence-electron chi connectivity index (χ0n) is 18.4. The summed E-state index contributed by atoms with van der Waals surface area (Å²) in [7, 11) is -3.93. The number of benzene rings is 3. The normalized spacial score (nSPS) is 12.2. The second-order valence-corrected chi connectivity index (χ2v) is 10.5. The Kier molecular flexibility index (Phi) is 7.74. The molecule has 1 atom stereocenters. The smallest absolute Gasteiger partial charge is 0.264 e. The Morgan fingerprint density at radius 3 is 1.97 bits per heavy atom. The van der Waals surface area contributed by atoms with Crippen LogP contribution in [-0.2, 0) is 14.8 Å². The van der Waals surface area contributed by atoms with E-state index in [0.29, 0.717) is 12.1 Å². The van der Waals surface area contributed by atoms with Gasteiger partial charge in [0, 0.05) is 4.47 Å². The molecule has 1 N–H and O–H groups in total. The van der Waals surface area contributed by atoms with E-state index in [-0.39, 0.29) is 23.4 Å². The molecule has 0 spiro atoms. The number of amides is 1. The van der Waals surface area contributed by atoms with Gasteiger partial charge in [0.15, 0.2) is 0 Å². The third kappa shape index (κ3) is 5.78. The van der Waals surface area contributed by atoms with Crippen LogP contribution in [0.3, 0.4) is 0 Å². The lowest BCUT2D eigenvalue weighted by Gasteiger charge is -2.26. The van der Waals surface area contributed by atoms with Crippen LogP contribution >= 0.6 is 15.9 Å². The van der Waals surface area contributed by atoms with Crippen LogP contribution in [-0.4, -0.2) is 20.9 Å². The molecule has 3 aromatic carbocycles. The highest BCUT2D eigenvalue weighted by Gasteiger charge is 2.28. The topological polar surface area (TPSA) is 66.5 Å². The number of sulfonamides is 1. The van der Waals surface area contributed by atoms with Gasteiger partial charge in [-0.2, -0.15) is 0 Å². The fourth-order valence-electron chi connectivity index (χ4n) is 3.35. The number of nitrogens with zero attached hydrogens (tertiary/aromatic N) is 1. The average molecular weight is 515 g/mol. The van der Waals surface area contributed by atoms with Gasteiger partial charge in [0.05, 0.1) is 16.6 Å². The number of carbonyl (C=O) groups excluding carboxylic acids is 1. The van der Waals surface area contributed by atoms with Gasteiger partial charge >= 0.3 is 0 Å². The molecular weight excluding hydrogens is 488 g/mol. The molecule has 0 aliphatic heterocycles. The van der Waals surface area contributed by atoms with Crippen molar-refractivity contribution in [1.82, 2.24) is 5.32 Å². The SMILES string of the molecule is CC[C@H](NC(=O)CN(c1ccc(Br)cc1)S(=O)(=O)c1ccc(C)cc1)c1ccc(C)cc1. The minimum atomic E-state index is -3.93. The maximum absolute atomic E-state index is 13.5. The number of nitrogens with one attached hydrogen (secondary N) is 1. The Bertz CT molecular complexity index is 1160. The van der Waals surface area contributed by atoms with E-state index < -0.39 is 10.0 Å². The molecule has 0 unspecified atom stereocenters. The van der Waals surface area contributed by atoms with Crippen molar-refractivity contribution in [3.63, 3.8) is 0 Å². The molecule has 5 nitrogen and oxygen atoms in total. The number of carbonyl (C=O) groups is 1. The highest BCUT2D eigenvalue weighted by atomic mass is 79.9. The molecule has 0 aromatic heterocycles. The number of anilines is 1. The summed E-state index contributed by atoms with van der Waals surface area (Å²) < 4.78 is 28.9. The first-order valence-electron chi connectivity index (χ1n) is 10.4. The minimum Gasteiger partial charge on any atom is -0.348 e. The first-order chi connectivity index (χ1) is 15.2. The van der Waals surface area contributed by atoms with Crippen molar-refractivity contribution in [3.05, 3.63) is 94.0 Å². The summed E-state index contributed by atoms with van der Waals surface area (Å²) in [6.07, 6.45) is 0.692. The van der Waals surface area contributed by atoms with Crippen LogP contribution in [0.5, 0.6) is 0 Å². The van der Waals surface area contributed by atoms with Crippen molar-refractivity contribution >= 4 is 37.5 Å². The molecule has 0 bridgehead atoms. The van der Waals surface area contributed by atoms with Crippen LogP contribution in [0.1, 0.15) is 36.1 Å². The molecule has 3 rings (SSSR count). The van der Waals surface area contributed by atoms with Crippen molar-refractivity contribution in [2.45, 2.75) is 38.1 Å². The van der Waals surface area contributed by atoms with Gasteiger partial charge in [0.25, 0.3) is 10.0 Å². The molecule has 0 saturated heterocycles. The second kappa shape index (κ2) is 10.3. The second-order valence-electron chi connectivity index (χ2n) is 7.74. The zero-order valence-corrected chi connectivity index (χ0v) is 20.8. The molecule has 168 valence electrons. The number of rotatable bonds is 8. The summed E-state index contributed by atoms with van der Waals surface area (Å²) in [4.78, 5) is 13.2. The van der Waals surface area contributed by atoms with Crippen LogP contribution in [0, 0.1) is 13.8 Å². The molecule has 3 aromatic rings. The van der Waals surface area contributed by atoms with Gasteiger partial charge in [0.2, 0.25) is 5.91 Å². The lowest BCUT2D eigenvalue weighted by molar-refractivity contribution is -0.120. The molecule has 0 heterocycles. The van der Waals surface area contributed by atoms with Gasteiger partial charge in [-0.3, -0.25) is 9.10 Å². The minimum absolute atomic E-state index is 0.143. The Morgan fingerprint density at radius 1 is 0.906 bits per heavy atom. The van der Waals surface area contributed by atoms with Crippen molar-refractivity contribution in [2.75, 3.05) is 10.8 Å². The molecular formula is C25H27BrN2O3S. The van der Waals surface area contributed by atoms with Gasteiger partial charge in [-0.1, -0.05) is 70.4 Å². The Hall–Kier alpha value is -2.64. The average Bonchev–Trinajstić information content (AvgIpc) is 2.77. The molecule has 32 heavy (non-hydrogen) atoms. The van der Waals surface area contributed by atoms with Crippen LogP contribution in [0.2, 0.25) is 0 Å². The number of hydrogen-bond acceptors (Lipinski definition) is 3. The van der Waals surface area contributed by atoms with Crippen molar-refractivity contribution < 1.29 is 13.2 Å². The summed E-state index contributed by atoms with van der Waals surface area (Å²) in [6, 6.07) is 21.3. The van der Waals surface area contributed by atoms with Gasteiger partial charge in [0.1, 0.15) is 6.54 Å². The maximum atomic E-state index is 13.5. The van der Waals surface area contributed by atoms with Crippen LogP contribution < -0.4 is 9.62 Å². The number of hydrogen-bond donors (Lipinski definition) is 1. The number of aryl methyl sites for hydroxylation is 2. The van der Waals surface area contributed by atoms with E-state index in [0.717, 1.165) is 25.5 Å². The summed E-state index contributed by atoms with van der Waals surface area (Å²) in [5, 5.41) is 2.99. The molecule has 0 aliphatic carbocycles. The first-order valence-corrected chi connectivity index (χ1v) is 12.6. The zero-order chi connectivity index (χ0) is 23.3. The third-order valence-electron chi connectivity index (χ3n) is 5.23. The Balaban J connectivity index is 1.89. The summed E-state index contributed by atoms with van der Waals surface area (Å²) in [6.45, 7) is 5.57. The molecule has 1 amide bonds. The first kappa shape index (κ1) is 24.0. The molecule has 0 saturated carbocycles. The van der Waals surface area contributed by atoms with Crippen molar-refractivity contribution in [3.8, 4) is 0 Å². The quantitative estimate of drug-likeness (QED) is 0.429. The predicted octanol–water partition coefficient (Wildman–Crippen LogP) is 5.53. The van der Waals surface area contributed by atoms with Crippen LogP contribution in [0.4, 0.5) is 5.69 Å². The monoisotopic (exact) mass is 514 g/mol. The fraction of sp³-hybridized carbons (Fsp3) is 0.240. The van der Waals surface area contributed by atoms with Crippen molar-refractivity contribution in [2.24, 2.45) is 0 Å². The fourth-order valence-corrected chi connectivity index (χ4v) is 5.04. The maximum Gasteiger partial charge on any atom is 0.264 e. The Morgan fingerprint density at radius 2 is 1.44 bits per heavy atom. The van der Waals surface area contributed by atoms with Crippen molar-refractivity contribution in [1.29, 1.82) is 0 Å². The standard InChI is InChI=1S/C25H27BrN2O3S/c1-4-24(20-9-5-18(2)6-10-20)27-25(29)17-28(22-13-11-21(26)12-14-22)32(30,31)23-15-7-19(3)8-16-23/h5-16,24H,4,17H2,1-3H3,(H,27,29)/t24-/m0/s1. The largest absolute Gasteiger partial charge is 0.348 e. The number of halogens is 1. The van der Waals surface area contributed by atoms with E-state index in [1.807, 2.05) is 45.0 Å². The molecule has 0 radical (unpaired) electrons. The predicted molar refractivity (Wildman–Crippen MR) is 132 cm³/mol. The van der Waals surface area contributed by atoms with Gasteiger partial charge in [-0.05, 0) is 62.2 Å². The molecule has 7 heteroatoms. The summed E-state index contributed by atoms with van der Waals surface area (Å²) >= 11 is 3.37. The Labute approximate surface area is 198 Å². The van der Waals surface area contributed by atoms with E-state index in [1.54, 1.807) is 48.5 Å². The van der Waals surface area contributed by atoms with Gasteiger partial charge in [-0.25, -0.2) is 8.42 Å².